The number of hydrogen-bond donors (Lipinski definition) is 1. The van der Waals surface area contributed by atoms with Gasteiger partial charge in [0.25, 0.3) is 5.91 Å². The lowest BCUT2D eigenvalue weighted by Crippen LogP contribution is -2.19. The normalized spacial score (nSPS) is 11.4. The first-order chi connectivity index (χ1) is 9.27. The Balaban J connectivity index is 2.34. The molecule has 1 aromatic carbocycles. The molecule has 20 heavy (non-hydrogen) atoms. The van der Waals surface area contributed by atoms with E-state index < -0.39 is 23.2 Å². The topological polar surface area (TPSA) is 68.0 Å². The zero-order valence-electron chi connectivity index (χ0n) is 9.95. The van der Waals surface area contributed by atoms with Gasteiger partial charge in [-0.1, -0.05) is 21.1 Å². The van der Waals surface area contributed by atoms with Crippen LogP contribution in [0.4, 0.5) is 19.2 Å². The number of carbonyl (C=O) groups excluding carboxylic acids is 1. The van der Waals surface area contributed by atoms with E-state index in [0.717, 1.165) is 12.1 Å². The molecule has 0 bridgehead atoms. The summed E-state index contributed by atoms with van der Waals surface area (Å²) >= 11 is 2.94. The highest BCUT2D eigenvalue weighted by molar-refractivity contribution is 9.10. The smallest absolute Gasteiger partial charge is 0.315 e. The highest BCUT2D eigenvalue weighted by atomic mass is 79.9. The number of amides is 1. The van der Waals surface area contributed by atoms with Crippen molar-refractivity contribution in [2.24, 2.45) is 0 Å². The van der Waals surface area contributed by atoms with Gasteiger partial charge in [-0.2, -0.15) is 18.2 Å². The van der Waals surface area contributed by atoms with E-state index in [1.807, 2.05) is 0 Å². The molecule has 0 aliphatic heterocycles. The van der Waals surface area contributed by atoms with Crippen molar-refractivity contribution in [2.75, 3.05) is 5.32 Å². The van der Waals surface area contributed by atoms with Crippen LogP contribution in [-0.2, 0) is 6.18 Å². The molecule has 0 aliphatic rings. The molecule has 5 nitrogen and oxygen atoms in total. The monoisotopic (exact) mass is 349 g/mol. The summed E-state index contributed by atoms with van der Waals surface area (Å²) in [6.07, 6.45) is -4.65. The number of alkyl halides is 3. The molecule has 106 valence electrons. The van der Waals surface area contributed by atoms with Gasteiger partial charge in [0.2, 0.25) is 0 Å². The molecule has 0 unspecified atom stereocenters. The fraction of sp³-hybridized carbons (Fsp3) is 0.182. The van der Waals surface area contributed by atoms with E-state index in [0.29, 0.717) is 0 Å². The fourth-order valence-electron chi connectivity index (χ4n) is 1.46. The van der Waals surface area contributed by atoms with Gasteiger partial charge in [-0.15, -0.1) is 0 Å². The Hall–Kier alpha value is -1.90. The third kappa shape index (κ3) is 3.16. The standard InChI is InChI=1S/C11H7BrF3N3O2/c1-5-16-10(20-18-5)17-9(19)7-3-2-6(12)4-8(7)11(13,14)15/h2-4H,1H3,(H,16,17,18,19). The Morgan fingerprint density at radius 1 is 1.40 bits per heavy atom. The van der Waals surface area contributed by atoms with Gasteiger partial charge in [0.05, 0.1) is 11.1 Å². The number of aryl methyl sites for hydroxylation is 1. The maximum Gasteiger partial charge on any atom is 0.417 e. The van der Waals surface area contributed by atoms with Gasteiger partial charge in [0, 0.05) is 4.47 Å². The quantitative estimate of drug-likeness (QED) is 0.901. The predicted molar refractivity (Wildman–Crippen MR) is 66.1 cm³/mol. The first-order valence-corrected chi connectivity index (χ1v) is 6.05. The third-order valence-electron chi connectivity index (χ3n) is 2.28. The number of nitrogens with zero attached hydrogens (tertiary/aromatic N) is 2. The Morgan fingerprint density at radius 3 is 2.65 bits per heavy atom. The lowest BCUT2D eigenvalue weighted by atomic mass is 10.1. The van der Waals surface area contributed by atoms with Crippen molar-refractivity contribution in [2.45, 2.75) is 13.1 Å². The molecule has 0 saturated carbocycles. The van der Waals surface area contributed by atoms with Crippen molar-refractivity contribution in [3.8, 4) is 0 Å². The number of halogens is 4. The minimum atomic E-state index is -4.65. The van der Waals surface area contributed by atoms with E-state index >= 15 is 0 Å². The molecular weight excluding hydrogens is 343 g/mol. The molecule has 0 radical (unpaired) electrons. The molecule has 9 heteroatoms. The SMILES string of the molecule is Cc1noc(NC(=O)c2ccc(Br)cc2C(F)(F)F)n1. The average molecular weight is 350 g/mol. The summed E-state index contributed by atoms with van der Waals surface area (Å²) in [6.45, 7) is 1.51. The number of rotatable bonds is 2. The van der Waals surface area contributed by atoms with Gasteiger partial charge < -0.3 is 4.52 Å². The van der Waals surface area contributed by atoms with Gasteiger partial charge in [0.1, 0.15) is 0 Å². The minimum absolute atomic E-state index is 0.218. The van der Waals surface area contributed by atoms with E-state index in [1.54, 1.807) is 0 Å². The zero-order chi connectivity index (χ0) is 14.9. The molecule has 1 N–H and O–H groups in total. The summed E-state index contributed by atoms with van der Waals surface area (Å²) in [5.74, 6) is -0.722. The molecule has 0 spiro atoms. The summed E-state index contributed by atoms with van der Waals surface area (Å²) < 4.78 is 43.5. The summed E-state index contributed by atoms with van der Waals surface area (Å²) in [4.78, 5) is 15.5. The highest BCUT2D eigenvalue weighted by Crippen LogP contribution is 2.34. The van der Waals surface area contributed by atoms with Gasteiger partial charge in [0.15, 0.2) is 5.82 Å². The summed E-state index contributed by atoms with van der Waals surface area (Å²) in [5, 5.41) is 5.53. The van der Waals surface area contributed by atoms with E-state index in [4.69, 9.17) is 0 Å². The van der Waals surface area contributed by atoms with Crippen molar-refractivity contribution in [1.29, 1.82) is 0 Å². The number of benzene rings is 1. The Kier molecular flexibility index (Phi) is 3.80. The first-order valence-electron chi connectivity index (χ1n) is 5.26. The Morgan fingerprint density at radius 2 is 2.10 bits per heavy atom. The van der Waals surface area contributed by atoms with Gasteiger partial charge in [-0.25, -0.2) is 0 Å². The van der Waals surface area contributed by atoms with Crippen LogP contribution in [0.15, 0.2) is 27.2 Å². The molecule has 0 fully saturated rings. The predicted octanol–water partition coefficient (Wildman–Crippen LogP) is 3.41. The van der Waals surface area contributed by atoms with Gasteiger partial charge in [-0.3, -0.25) is 10.1 Å². The minimum Gasteiger partial charge on any atom is -0.315 e. The summed E-state index contributed by atoms with van der Waals surface area (Å²) in [7, 11) is 0. The van der Waals surface area contributed by atoms with Crippen LogP contribution in [0.5, 0.6) is 0 Å². The molecule has 1 aromatic heterocycles. The van der Waals surface area contributed by atoms with Crippen molar-refractivity contribution >= 4 is 27.9 Å². The largest absolute Gasteiger partial charge is 0.417 e. The van der Waals surface area contributed by atoms with Gasteiger partial charge in [-0.05, 0) is 25.1 Å². The number of hydrogen-bond acceptors (Lipinski definition) is 4. The lowest BCUT2D eigenvalue weighted by molar-refractivity contribution is -0.137. The lowest BCUT2D eigenvalue weighted by Gasteiger charge is -2.12. The molecule has 0 aliphatic carbocycles. The van der Waals surface area contributed by atoms with Crippen LogP contribution in [0.25, 0.3) is 0 Å². The highest BCUT2D eigenvalue weighted by Gasteiger charge is 2.35. The second-order valence-electron chi connectivity index (χ2n) is 3.79. The van der Waals surface area contributed by atoms with Crippen LogP contribution in [0, 0.1) is 6.92 Å². The first kappa shape index (κ1) is 14.5. The molecule has 1 heterocycles. The number of nitrogens with one attached hydrogen (secondary N) is 1. The number of carbonyl (C=O) groups is 1. The number of anilines is 1. The second kappa shape index (κ2) is 5.23. The van der Waals surface area contributed by atoms with Crippen LogP contribution >= 0.6 is 15.9 Å². The van der Waals surface area contributed by atoms with Crippen molar-refractivity contribution < 1.29 is 22.5 Å². The zero-order valence-corrected chi connectivity index (χ0v) is 11.5. The van der Waals surface area contributed by atoms with E-state index in [2.05, 4.69) is 35.9 Å². The number of aromatic nitrogens is 2. The van der Waals surface area contributed by atoms with Crippen LogP contribution in [0.1, 0.15) is 21.7 Å². The van der Waals surface area contributed by atoms with Crippen molar-refractivity contribution in [3.05, 3.63) is 39.6 Å². The van der Waals surface area contributed by atoms with Crippen LogP contribution in [-0.4, -0.2) is 16.0 Å². The van der Waals surface area contributed by atoms with E-state index in [-0.39, 0.29) is 16.3 Å². The molecule has 0 atom stereocenters. The van der Waals surface area contributed by atoms with E-state index in [1.165, 1.54) is 13.0 Å². The fourth-order valence-corrected chi connectivity index (χ4v) is 1.82. The maximum absolute atomic E-state index is 12.9. The molecular formula is C11H7BrF3N3O2. The van der Waals surface area contributed by atoms with Gasteiger partial charge >= 0.3 is 12.2 Å². The third-order valence-corrected chi connectivity index (χ3v) is 2.77. The van der Waals surface area contributed by atoms with E-state index in [9.17, 15) is 18.0 Å². The van der Waals surface area contributed by atoms with Crippen molar-refractivity contribution in [3.63, 3.8) is 0 Å². The Bertz CT molecular complexity index is 655. The van der Waals surface area contributed by atoms with Crippen LogP contribution < -0.4 is 5.32 Å². The molecule has 2 aromatic rings. The van der Waals surface area contributed by atoms with Crippen molar-refractivity contribution in [1.82, 2.24) is 10.1 Å². The Labute approximate surface area is 119 Å². The maximum atomic E-state index is 12.9. The van der Waals surface area contributed by atoms with Crippen LogP contribution in [0.2, 0.25) is 0 Å². The summed E-state index contributed by atoms with van der Waals surface area (Å²) in [5.41, 5.74) is -1.59. The molecule has 0 saturated heterocycles. The summed E-state index contributed by atoms with van der Waals surface area (Å²) in [6, 6.07) is 2.96. The molecule has 2 rings (SSSR count). The van der Waals surface area contributed by atoms with Crippen LogP contribution in [0.3, 0.4) is 0 Å². The average Bonchev–Trinajstić information content (AvgIpc) is 2.73. The second-order valence-corrected chi connectivity index (χ2v) is 4.70. The molecule has 1 amide bonds.